The largest absolute Gasteiger partial charge is 0.359 e. The SMILES string of the molecule is CC(Nc1nc(Cl)c(Cl)cc1Cl)c1ncc[nH]1. The van der Waals surface area contributed by atoms with Crippen LogP contribution in [0.5, 0.6) is 0 Å². The van der Waals surface area contributed by atoms with Gasteiger partial charge in [-0.05, 0) is 13.0 Å². The zero-order valence-electron chi connectivity index (χ0n) is 8.84. The summed E-state index contributed by atoms with van der Waals surface area (Å²) in [6.07, 6.45) is 3.43. The van der Waals surface area contributed by atoms with Gasteiger partial charge in [0, 0.05) is 12.4 Å². The minimum atomic E-state index is -0.0627. The van der Waals surface area contributed by atoms with Gasteiger partial charge in [-0.15, -0.1) is 0 Å². The van der Waals surface area contributed by atoms with Gasteiger partial charge in [0.25, 0.3) is 0 Å². The van der Waals surface area contributed by atoms with Gasteiger partial charge in [-0.1, -0.05) is 34.8 Å². The minimum Gasteiger partial charge on any atom is -0.359 e. The number of aromatic nitrogens is 3. The van der Waals surface area contributed by atoms with E-state index in [1.807, 2.05) is 6.92 Å². The molecule has 2 aromatic rings. The van der Waals surface area contributed by atoms with Gasteiger partial charge in [-0.2, -0.15) is 0 Å². The van der Waals surface area contributed by atoms with E-state index in [0.717, 1.165) is 5.82 Å². The van der Waals surface area contributed by atoms with Crippen molar-refractivity contribution in [2.45, 2.75) is 13.0 Å². The van der Waals surface area contributed by atoms with Crippen molar-refractivity contribution in [1.29, 1.82) is 0 Å². The summed E-state index contributed by atoms with van der Waals surface area (Å²) in [6, 6.07) is 1.49. The van der Waals surface area contributed by atoms with Crippen molar-refractivity contribution in [3.8, 4) is 0 Å². The first-order chi connectivity index (χ1) is 8.08. The molecule has 1 unspecified atom stereocenters. The van der Waals surface area contributed by atoms with Crippen LogP contribution in [0.2, 0.25) is 15.2 Å². The molecule has 0 bridgehead atoms. The second-order valence-electron chi connectivity index (χ2n) is 3.43. The van der Waals surface area contributed by atoms with Crippen molar-refractivity contribution in [1.82, 2.24) is 15.0 Å². The standard InChI is InChI=1S/C10H9Cl3N4/c1-5(9-14-2-3-15-9)16-10-7(12)4-6(11)8(13)17-10/h2-5H,1H3,(H,14,15)(H,16,17). The maximum absolute atomic E-state index is 6.01. The van der Waals surface area contributed by atoms with E-state index in [1.165, 1.54) is 0 Å². The molecule has 2 N–H and O–H groups in total. The van der Waals surface area contributed by atoms with Crippen LogP contribution in [0.3, 0.4) is 0 Å². The molecular weight excluding hydrogens is 282 g/mol. The van der Waals surface area contributed by atoms with Gasteiger partial charge in [-0.3, -0.25) is 0 Å². The molecule has 0 aromatic carbocycles. The maximum atomic E-state index is 6.01. The highest BCUT2D eigenvalue weighted by molar-refractivity contribution is 6.42. The summed E-state index contributed by atoms with van der Waals surface area (Å²) in [4.78, 5) is 11.2. The van der Waals surface area contributed by atoms with E-state index in [-0.39, 0.29) is 11.2 Å². The summed E-state index contributed by atoms with van der Waals surface area (Å²) >= 11 is 17.6. The van der Waals surface area contributed by atoms with E-state index in [1.54, 1.807) is 18.5 Å². The van der Waals surface area contributed by atoms with Gasteiger partial charge in [0.2, 0.25) is 0 Å². The second kappa shape index (κ2) is 5.12. The summed E-state index contributed by atoms with van der Waals surface area (Å²) in [6.45, 7) is 1.93. The lowest BCUT2D eigenvalue weighted by atomic mass is 10.3. The molecule has 2 rings (SSSR count). The summed E-state index contributed by atoms with van der Waals surface area (Å²) in [5, 5.41) is 4.06. The Kier molecular flexibility index (Phi) is 3.76. The van der Waals surface area contributed by atoms with Crippen LogP contribution in [0.25, 0.3) is 0 Å². The Balaban J connectivity index is 2.22. The average Bonchev–Trinajstić information content (AvgIpc) is 2.79. The van der Waals surface area contributed by atoms with E-state index in [2.05, 4.69) is 20.3 Å². The molecule has 2 aromatic heterocycles. The number of nitrogens with one attached hydrogen (secondary N) is 2. The Hall–Kier alpha value is -0.970. The smallest absolute Gasteiger partial charge is 0.150 e. The van der Waals surface area contributed by atoms with Crippen LogP contribution in [-0.4, -0.2) is 15.0 Å². The van der Waals surface area contributed by atoms with Crippen LogP contribution in [-0.2, 0) is 0 Å². The number of nitrogens with zero attached hydrogens (tertiary/aromatic N) is 2. The molecule has 0 fully saturated rings. The van der Waals surface area contributed by atoms with Gasteiger partial charge in [0.15, 0.2) is 0 Å². The first-order valence-corrected chi connectivity index (χ1v) is 5.98. The van der Waals surface area contributed by atoms with Crippen LogP contribution in [0.15, 0.2) is 18.5 Å². The number of imidazole rings is 1. The molecule has 7 heteroatoms. The summed E-state index contributed by atoms with van der Waals surface area (Å²) < 4.78 is 0. The van der Waals surface area contributed by atoms with Gasteiger partial charge in [0.05, 0.1) is 16.1 Å². The molecule has 0 saturated carbocycles. The third kappa shape index (κ3) is 2.83. The predicted molar refractivity (Wildman–Crippen MR) is 69.9 cm³/mol. The fourth-order valence-electron chi connectivity index (χ4n) is 1.33. The van der Waals surface area contributed by atoms with E-state index in [0.29, 0.717) is 15.9 Å². The first kappa shape index (κ1) is 12.5. The lowest BCUT2D eigenvalue weighted by Gasteiger charge is -2.13. The number of hydrogen-bond acceptors (Lipinski definition) is 3. The molecular formula is C10H9Cl3N4. The van der Waals surface area contributed by atoms with Gasteiger partial charge in [0.1, 0.15) is 16.8 Å². The van der Waals surface area contributed by atoms with Crippen LogP contribution in [0.4, 0.5) is 5.82 Å². The van der Waals surface area contributed by atoms with Gasteiger partial charge < -0.3 is 10.3 Å². The van der Waals surface area contributed by atoms with E-state index >= 15 is 0 Å². The molecule has 0 saturated heterocycles. The molecule has 90 valence electrons. The van der Waals surface area contributed by atoms with Crippen LogP contribution in [0, 0.1) is 0 Å². The monoisotopic (exact) mass is 290 g/mol. The Bertz CT molecular complexity index is 513. The molecule has 0 amide bonds. The summed E-state index contributed by atoms with van der Waals surface area (Å²) in [7, 11) is 0. The fourth-order valence-corrected chi connectivity index (χ4v) is 1.89. The van der Waals surface area contributed by atoms with Gasteiger partial charge >= 0.3 is 0 Å². The quantitative estimate of drug-likeness (QED) is 0.842. The highest BCUT2D eigenvalue weighted by atomic mass is 35.5. The van der Waals surface area contributed by atoms with E-state index < -0.39 is 0 Å². The zero-order chi connectivity index (χ0) is 12.4. The molecule has 0 radical (unpaired) electrons. The molecule has 17 heavy (non-hydrogen) atoms. The highest BCUT2D eigenvalue weighted by Crippen LogP contribution is 2.30. The van der Waals surface area contributed by atoms with E-state index in [4.69, 9.17) is 34.8 Å². The number of anilines is 1. The Morgan fingerprint density at radius 1 is 1.29 bits per heavy atom. The molecule has 2 heterocycles. The maximum Gasteiger partial charge on any atom is 0.150 e. The number of halogens is 3. The van der Waals surface area contributed by atoms with E-state index in [9.17, 15) is 0 Å². The molecule has 0 aliphatic rings. The normalized spacial score (nSPS) is 12.5. The zero-order valence-corrected chi connectivity index (χ0v) is 11.1. The number of H-pyrrole nitrogens is 1. The van der Waals surface area contributed by atoms with Crippen LogP contribution in [0.1, 0.15) is 18.8 Å². The molecule has 0 spiro atoms. The number of aromatic amines is 1. The number of rotatable bonds is 3. The average molecular weight is 292 g/mol. The molecule has 0 aliphatic carbocycles. The molecule has 1 atom stereocenters. The van der Waals surface area contributed by atoms with Crippen molar-refractivity contribution in [3.63, 3.8) is 0 Å². The van der Waals surface area contributed by atoms with Gasteiger partial charge in [-0.25, -0.2) is 9.97 Å². The van der Waals surface area contributed by atoms with Crippen LogP contribution >= 0.6 is 34.8 Å². The Labute approximate surface area is 113 Å². The second-order valence-corrected chi connectivity index (χ2v) is 4.60. The molecule has 4 nitrogen and oxygen atoms in total. The third-order valence-corrected chi connectivity index (χ3v) is 3.13. The van der Waals surface area contributed by atoms with Crippen molar-refractivity contribution in [2.75, 3.05) is 5.32 Å². The predicted octanol–water partition coefficient (Wildman–Crippen LogP) is 3.94. The number of pyridine rings is 1. The fraction of sp³-hybridized carbons (Fsp3) is 0.200. The van der Waals surface area contributed by atoms with Crippen LogP contribution < -0.4 is 5.32 Å². The Morgan fingerprint density at radius 3 is 2.71 bits per heavy atom. The van der Waals surface area contributed by atoms with Crippen molar-refractivity contribution in [2.24, 2.45) is 0 Å². The number of hydrogen-bond donors (Lipinski definition) is 2. The lowest BCUT2D eigenvalue weighted by molar-refractivity contribution is 0.804. The summed E-state index contributed by atoms with van der Waals surface area (Å²) in [5.41, 5.74) is 0. The first-order valence-electron chi connectivity index (χ1n) is 4.85. The third-order valence-electron chi connectivity index (χ3n) is 2.17. The lowest BCUT2D eigenvalue weighted by Crippen LogP contribution is -2.10. The molecule has 0 aliphatic heterocycles. The van der Waals surface area contributed by atoms with Crippen molar-refractivity contribution in [3.05, 3.63) is 39.5 Å². The van der Waals surface area contributed by atoms with Crippen molar-refractivity contribution >= 4 is 40.6 Å². The Morgan fingerprint density at radius 2 is 2.06 bits per heavy atom. The minimum absolute atomic E-state index is 0.0627. The van der Waals surface area contributed by atoms with Crippen molar-refractivity contribution < 1.29 is 0 Å². The highest BCUT2D eigenvalue weighted by Gasteiger charge is 2.12. The summed E-state index contributed by atoms with van der Waals surface area (Å²) in [5.74, 6) is 1.26. The topological polar surface area (TPSA) is 53.6 Å².